The van der Waals surface area contributed by atoms with Crippen LogP contribution in [0.25, 0.3) is 0 Å². The quantitative estimate of drug-likeness (QED) is 0.659. The lowest BCUT2D eigenvalue weighted by atomic mass is 10.1. The Morgan fingerprint density at radius 1 is 1.17 bits per heavy atom. The minimum Gasteiger partial charge on any atom is -0.507 e. The van der Waals surface area contributed by atoms with Crippen LogP contribution in [0.15, 0.2) is 41.5 Å². The van der Waals surface area contributed by atoms with Gasteiger partial charge in [-0.05, 0) is 49.6 Å². The zero-order chi connectivity index (χ0) is 16.8. The van der Waals surface area contributed by atoms with Gasteiger partial charge in [-0.3, -0.25) is 4.79 Å². The molecule has 5 nitrogen and oxygen atoms in total. The number of phenols is 1. The number of nitrogens with one attached hydrogen (secondary N) is 1. The van der Waals surface area contributed by atoms with Crippen LogP contribution in [0.2, 0.25) is 0 Å². The Morgan fingerprint density at radius 2 is 1.87 bits per heavy atom. The van der Waals surface area contributed by atoms with E-state index >= 15 is 0 Å². The summed E-state index contributed by atoms with van der Waals surface area (Å²) in [6.07, 6.45) is 1.40. The van der Waals surface area contributed by atoms with Crippen molar-refractivity contribution in [1.29, 1.82) is 0 Å². The molecule has 2 aromatic carbocycles. The highest BCUT2D eigenvalue weighted by Crippen LogP contribution is 2.20. The summed E-state index contributed by atoms with van der Waals surface area (Å²) in [5, 5.41) is 13.7. The van der Waals surface area contributed by atoms with Crippen molar-refractivity contribution in [2.45, 2.75) is 20.8 Å². The molecule has 0 fully saturated rings. The average Bonchev–Trinajstić information content (AvgIpc) is 2.53. The van der Waals surface area contributed by atoms with Crippen molar-refractivity contribution in [1.82, 2.24) is 5.43 Å². The van der Waals surface area contributed by atoms with E-state index in [0.29, 0.717) is 11.3 Å². The van der Waals surface area contributed by atoms with E-state index in [1.807, 2.05) is 38.1 Å². The fraction of sp³-hybridized carbons (Fsp3) is 0.222. The first kappa shape index (κ1) is 16.5. The molecule has 0 aliphatic carbocycles. The summed E-state index contributed by atoms with van der Waals surface area (Å²) < 4.78 is 5.49. The van der Waals surface area contributed by atoms with Crippen molar-refractivity contribution in [3.63, 3.8) is 0 Å². The molecular weight excluding hydrogens is 292 g/mol. The number of amides is 1. The van der Waals surface area contributed by atoms with Gasteiger partial charge in [0.2, 0.25) is 0 Å². The highest BCUT2D eigenvalue weighted by Gasteiger charge is 2.05. The second-order valence-electron chi connectivity index (χ2n) is 5.29. The van der Waals surface area contributed by atoms with Crippen molar-refractivity contribution < 1.29 is 14.6 Å². The van der Waals surface area contributed by atoms with Crippen LogP contribution in [-0.2, 0) is 4.79 Å². The van der Waals surface area contributed by atoms with E-state index in [1.165, 1.54) is 6.21 Å². The van der Waals surface area contributed by atoms with Gasteiger partial charge in [0.1, 0.15) is 11.5 Å². The fourth-order valence-corrected chi connectivity index (χ4v) is 2.02. The maximum Gasteiger partial charge on any atom is 0.277 e. The number of hydrazone groups is 1. The van der Waals surface area contributed by atoms with Crippen molar-refractivity contribution >= 4 is 12.1 Å². The Morgan fingerprint density at radius 3 is 2.65 bits per heavy atom. The Bertz CT molecular complexity index is 739. The van der Waals surface area contributed by atoms with Gasteiger partial charge in [-0.15, -0.1) is 0 Å². The van der Waals surface area contributed by atoms with Crippen LogP contribution in [0, 0.1) is 20.8 Å². The molecule has 0 atom stereocenters. The molecule has 5 heteroatoms. The van der Waals surface area contributed by atoms with Crippen molar-refractivity contribution in [3.8, 4) is 11.5 Å². The minimum atomic E-state index is -0.366. The lowest BCUT2D eigenvalue weighted by molar-refractivity contribution is -0.123. The normalized spacial score (nSPS) is 10.7. The molecule has 2 N–H and O–H groups in total. The van der Waals surface area contributed by atoms with Crippen LogP contribution in [-0.4, -0.2) is 23.8 Å². The molecule has 0 saturated carbocycles. The number of aromatic hydroxyl groups is 1. The molecule has 1 amide bonds. The second-order valence-corrected chi connectivity index (χ2v) is 5.29. The minimum absolute atomic E-state index is 0.124. The van der Waals surface area contributed by atoms with Crippen LogP contribution in [0.5, 0.6) is 11.5 Å². The Hall–Kier alpha value is -2.82. The van der Waals surface area contributed by atoms with Crippen molar-refractivity contribution in [2.75, 3.05) is 6.61 Å². The summed E-state index contributed by atoms with van der Waals surface area (Å²) in [5.41, 5.74) is 5.78. The highest BCUT2D eigenvalue weighted by atomic mass is 16.5. The molecule has 0 aliphatic heterocycles. The monoisotopic (exact) mass is 312 g/mol. The van der Waals surface area contributed by atoms with Gasteiger partial charge in [-0.25, -0.2) is 5.43 Å². The van der Waals surface area contributed by atoms with E-state index in [0.717, 1.165) is 16.7 Å². The fourth-order valence-electron chi connectivity index (χ4n) is 2.02. The number of para-hydroxylation sites is 1. The van der Waals surface area contributed by atoms with Gasteiger partial charge < -0.3 is 9.84 Å². The highest BCUT2D eigenvalue weighted by molar-refractivity contribution is 5.85. The first-order valence-corrected chi connectivity index (χ1v) is 7.28. The summed E-state index contributed by atoms with van der Waals surface area (Å²) in [7, 11) is 0. The predicted octanol–water partition coefficient (Wildman–Crippen LogP) is 2.85. The number of rotatable bonds is 5. The summed E-state index contributed by atoms with van der Waals surface area (Å²) >= 11 is 0. The number of benzene rings is 2. The van der Waals surface area contributed by atoms with Crippen LogP contribution >= 0.6 is 0 Å². The summed E-state index contributed by atoms with van der Waals surface area (Å²) in [6, 6.07) is 11.0. The van der Waals surface area contributed by atoms with Gasteiger partial charge in [0.25, 0.3) is 5.91 Å². The molecular formula is C18H20N2O3. The van der Waals surface area contributed by atoms with Crippen molar-refractivity contribution in [3.05, 3.63) is 58.7 Å². The molecule has 0 aliphatic rings. The largest absolute Gasteiger partial charge is 0.507 e. The third-order valence-corrected chi connectivity index (χ3v) is 3.58. The van der Waals surface area contributed by atoms with E-state index in [1.54, 1.807) is 19.1 Å². The molecule has 0 saturated heterocycles. The number of nitrogens with zero attached hydrogens (tertiary/aromatic N) is 1. The standard InChI is InChI=1S/C18H20N2O3/c1-12-6-5-9-16(14(12)3)23-11-17(21)20-19-10-15-8-4-7-13(2)18(15)22/h4-10,22H,11H2,1-3H3,(H,20,21). The van der Waals surface area contributed by atoms with Gasteiger partial charge in [-0.2, -0.15) is 5.10 Å². The number of aryl methyl sites for hydroxylation is 2. The van der Waals surface area contributed by atoms with Crippen LogP contribution < -0.4 is 10.2 Å². The maximum atomic E-state index is 11.7. The number of carbonyl (C=O) groups excluding carboxylic acids is 1. The Labute approximate surface area is 135 Å². The van der Waals surface area contributed by atoms with Gasteiger partial charge in [-0.1, -0.05) is 24.3 Å². The maximum absolute atomic E-state index is 11.7. The first-order valence-electron chi connectivity index (χ1n) is 7.28. The van der Waals surface area contributed by atoms with E-state index in [2.05, 4.69) is 10.5 Å². The SMILES string of the molecule is Cc1cccc(OCC(=O)NN=Cc2cccc(C)c2O)c1C. The third kappa shape index (κ3) is 4.32. The van der Waals surface area contributed by atoms with Crippen LogP contribution in [0.1, 0.15) is 22.3 Å². The van der Waals surface area contributed by atoms with E-state index in [9.17, 15) is 9.90 Å². The number of phenolic OH excluding ortho intramolecular Hbond substituents is 1. The number of carbonyl (C=O) groups is 1. The smallest absolute Gasteiger partial charge is 0.277 e. The van der Waals surface area contributed by atoms with E-state index in [-0.39, 0.29) is 18.3 Å². The van der Waals surface area contributed by atoms with Crippen LogP contribution in [0.4, 0.5) is 0 Å². The molecule has 0 unspecified atom stereocenters. The van der Waals surface area contributed by atoms with E-state index < -0.39 is 0 Å². The molecule has 120 valence electrons. The lowest BCUT2D eigenvalue weighted by Crippen LogP contribution is -2.24. The summed E-state index contributed by atoms with van der Waals surface area (Å²) in [4.78, 5) is 11.7. The summed E-state index contributed by atoms with van der Waals surface area (Å²) in [6.45, 7) is 5.60. The molecule has 0 spiro atoms. The van der Waals surface area contributed by atoms with Crippen LogP contribution in [0.3, 0.4) is 0 Å². The zero-order valence-electron chi connectivity index (χ0n) is 13.5. The molecule has 2 rings (SSSR count). The zero-order valence-corrected chi connectivity index (χ0v) is 13.5. The number of hydrogen-bond acceptors (Lipinski definition) is 4. The van der Waals surface area contributed by atoms with Gasteiger partial charge >= 0.3 is 0 Å². The molecule has 23 heavy (non-hydrogen) atoms. The molecule has 0 aromatic heterocycles. The topological polar surface area (TPSA) is 70.9 Å². The molecule has 0 heterocycles. The average molecular weight is 312 g/mol. The molecule has 2 aromatic rings. The molecule has 0 radical (unpaired) electrons. The van der Waals surface area contributed by atoms with E-state index in [4.69, 9.17) is 4.74 Å². The summed E-state index contributed by atoms with van der Waals surface area (Å²) in [5.74, 6) is 0.465. The predicted molar refractivity (Wildman–Crippen MR) is 90.0 cm³/mol. The van der Waals surface area contributed by atoms with Gasteiger partial charge in [0.15, 0.2) is 6.61 Å². The number of hydrogen-bond donors (Lipinski definition) is 2. The molecule has 0 bridgehead atoms. The number of ether oxygens (including phenoxy) is 1. The lowest BCUT2D eigenvalue weighted by Gasteiger charge is -2.09. The van der Waals surface area contributed by atoms with Gasteiger partial charge in [0.05, 0.1) is 6.21 Å². The third-order valence-electron chi connectivity index (χ3n) is 3.58. The van der Waals surface area contributed by atoms with Crippen molar-refractivity contribution in [2.24, 2.45) is 5.10 Å². The van der Waals surface area contributed by atoms with Gasteiger partial charge in [0, 0.05) is 5.56 Å². The Balaban J connectivity index is 1.89. The Kier molecular flexibility index (Phi) is 5.36. The second kappa shape index (κ2) is 7.45. The first-order chi connectivity index (χ1) is 11.0.